The third kappa shape index (κ3) is 4.01. The lowest BCUT2D eigenvalue weighted by Gasteiger charge is -2.27. The van der Waals surface area contributed by atoms with Crippen molar-refractivity contribution in [2.45, 2.75) is 0 Å². The Morgan fingerprint density at radius 1 is 0.935 bits per heavy atom. The van der Waals surface area contributed by atoms with Gasteiger partial charge in [-0.2, -0.15) is 9.97 Å². The highest BCUT2D eigenvalue weighted by Gasteiger charge is 2.18. The first kappa shape index (κ1) is 18.9. The van der Waals surface area contributed by atoms with Crippen molar-refractivity contribution in [3.8, 4) is 11.3 Å². The third-order valence-corrected chi connectivity index (χ3v) is 4.98. The van der Waals surface area contributed by atoms with E-state index in [2.05, 4.69) is 25.2 Å². The average Bonchev–Trinajstić information content (AvgIpc) is 2.79. The molecule has 0 amide bonds. The number of hydrogen-bond donors (Lipinski definition) is 3. The molecule has 0 aliphatic carbocycles. The number of fused-ring (bicyclic) bond motifs is 1. The molecule has 1 aromatic carbocycles. The van der Waals surface area contributed by atoms with E-state index in [9.17, 15) is 0 Å². The zero-order valence-corrected chi connectivity index (χ0v) is 16.7. The molecule has 5 N–H and O–H groups in total. The standard InChI is InChI=1S/C21H21N9O/c22-19-15(12-25-20(23)29-19)17-10-18(28-21(27-17)30-5-7-31-8-6-30)26-14-9-13-3-1-2-4-16(13)24-11-14/h1-4,9-12H,5-8H2,(H,26,27,28)(H4,22,23,25,29). The summed E-state index contributed by atoms with van der Waals surface area (Å²) in [5.74, 6) is 1.56. The van der Waals surface area contributed by atoms with E-state index in [1.807, 2.05) is 36.4 Å². The zero-order valence-electron chi connectivity index (χ0n) is 16.7. The van der Waals surface area contributed by atoms with E-state index in [4.69, 9.17) is 26.2 Å². The first-order chi connectivity index (χ1) is 15.2. The Kier molecular flexibility index (Phi) is 4.89. The van der Waals surface area contributed by atoms with Gasteiger partial charge in [-0.1, -0.05) is 18.2 Å². The van der Waals surface area contributed by atoms with Gasteiger partial charge in [-0.25, -0.2) is 9.97 Å². The molecule has 0 spiro atoms. The third-order valence-electron chi connectivity index (χ3n) is 4.98. The number of morpholine rings is 1. The molecule has 10 nitrogen and oxygen atoms in total. The van der Waals surface area contributed by atoms with Gasteiger partial charge in [0.25, 0.3) is 0 Å². The second-order valence-electron chi connectivity index (χ2n) is 7.11. The van der Waals surface area contributed by atoms with Crippen LogP contribution in [0.25, 0.3) is 22.2 Å². The summed E-state index contributed by atoms with van der Waals surface area (Å²) in [6.45, 7) is 2.65. The number of aromatic nitrogens is 5. The van der Waals surface area contributed by atoms with Crippen LogP contribution in [0.2, 0.25) is 0 Å². The molecular weight excluding hydrogens is 394 g/mol. The molecule has 0 saturated carbocycles. The Bertz CT molecular complexity index is 1240. The summed E-state index contributed by atoms with van der Waals surface area (Å²) in [4.78, 5) is 24.1. The molecule has 4 heterocycles. The minimum atomic E-state index is 0.115. The minimum absolute atomic E-state index is 0.115. The van der Waals surface area contributed by atoms with Crippen LogP contribution in [0.5, 0.6) is 0 Å². The quantitative estimate of drug-likeness (QED) is 0.454. The number of para-hydroxylation sites is 1. The van der Waals surface area contributed by atoms with Crippen LogP contribution in [-0.4, -0.2) is 51.2 Å². The van der Waals surface area contributed by atoms with Crippen molar-refractivity contribution in [1.82, 2.24) is 24.9 Å². The molecule has 1 aliphatic rings. The molecule has 0 bridgehead atoms. The molecule has 0 unspecified atom stereocenters. The Hall–Kier alpha value is -4.05. The van der Waals surface area contributed by atoms with E-state index in [0.717, 1.165) is 16.6 Å². The first-order valence-electron chi connectivity index (χ1n) is 9.88. The van der Waals surface area contributed by atoms with Crippen molar-refractivity contribution in [3.63, 3.8) is 0 Å². The number of pyridine rings is 1. The predicted octanol–water partition coefficient (Wildman–Crippen LogP) is 2.23. The molecule has 10 heteroatoms. The number of nitrogens with zero attached hydrogens (tertiary/aromatic N) is 6. The molecule has 1 fully saturated rings. The summed E-state index contributed by atoms with van der Waals surface area (Å²) < 4.78 is 5.46. The predicted molar refractivity (Wildman–Crippen MR) is 120 cm³/mol. The fourth-order valence-electron chi connectivity index (χ4n) is 3.44. The van der Waals surface area contributed by atoms with Gasteiger partial charge in [-0.3, -0.25) is 4.98 Å². The van der Waals surface area contributed by atoms with E-state index in [0.29, 0.717) is 49.3 Å². The molecule has 31 heavy (non-hydrogen) atoms. The van der Waals surface area contributed by atoms with Crippen molar-refractivity contribution in [1.29, 1.82) is 0 Å². The van der Waals surface area contributed by atoms with Gasteiger partial charge in [0, 0.05) is 30.7 Å². The summed E-state index contributed by atoms with van der Waals surface area (Å²) >= 11 is 0. The number of benzene rings is 1. The van der Waals surface area contributed by atoms with Crippen LogP contribution < -0.4 is 21.7 Å². The van der Waals surface area contributed by atoms with E-state index in [-0.39, 0.29) is 11.8 Å². The van der Waals surface area contributed by atoms with Gasteiger partial charge in [0.1, 0.15) is 11.6 Å². The number of nitrogen functional groups attached to an aromatic ring is 2. The second-order valence-corrected chi connectivity index (χ2v) is 7.11. The fourth-order valence-corrected chi connectivity index (χ4v) is 3.44. The maximum Gasteiger partial charge on any atom is 0.228 e. The largest absolute Gasteiger partial charge is 0.383 e. The molecule has 3 aromatic heterocycles. The maximum absolute atomic E-state index is 6.09. The van der Waals surface area contributed by atoms with Gasteiger partial charge in [-0.05, 0) is 12.1 Å². The van der Waals surface area contributed by atoms with Crippen LogP contribution in [0.3, 0.4) is 0 Å². The zero-order chi connectivity index (χ0) is 21.2. The van der Waals surface area contributed by atoms with Crippen LogP contribution in [-0.2, 0) is 4.74 Å². The minimum Gasteiger partial charge on any atom is -0.383 e. The highest BCUT2D eigenvalue weighted by atomic mass is 16.5. The second kappa shape index (κ2) is 8.00. The number of rotatable bonds is 4. The number of nitrogens with two attached hydrogens (primary N) is 2. The van der Waals surface area contributed by atoms with Crippen LogP contribution in [0.4, 0.5) is 29.2 Å². The lowest BCUT2D eigenvalue weighted by molar-refractivity contribution is 0.122. The highest BCUT2D eigenvalue weighted by Crippen LogP contribution is 2.28. The van der Waals surface area contributed by atoms with E-state index in [1.54, 1.807) is 12.4 Å². The molecule has 1 aliphatic heterocycles. The summed E-state index contributed by atoms with van der Waals surface area (Å²) in [6.07, 6.45) is 3.35. The van der Waals surface area contributed by atoms with Gasteiger partial charge in [0.15, 0.2) is 0 Å². The summed E-state index contributed by atoms with van der Waals surface area (Å²) in [5, 5.41) is 4.37. The van der Waals surface area contributed by atoms with E-state index in [1.165, 1.54) is 0 Å². The lowest BCUT2D eigenvalue weighted by atomic mass is 10.2. The Morgan fingerprint density at radius 2 is 1.77 bits per heavy atom. The van der Waals surface area contributed by atoms with Crippen LogP contribution >= 0.6 is 0 Å². The van der Waals surface area contributed by atoms with Crippen molar-refractivity contribution < 1.29 is 4.74 Å². The molecule has 156 valence electrons. The Morgan fingerprint density at radius 3 is 2.61 bits per heavy atom. The highest BCUT2D eigenvalue weighted by molar-refractivity contribution is 5.82. The van der Waals surface area contributed by atoms with Gasteiger partial charge in [0.2, 0.25) is 11.9 Å². The molecule has 5 rings (SSSR count). The molecule has 1 saturated heterocycles. The topological polar surface area (TPSA) is 141 Å². The van der Waals surface area contributed by atoms with Crippen molar-refractivity contribution in [2.24, 2.45) is 0 Å². The van der Waals surface area contributed by atoms with Crippen LogP contribution in [0.1, 0.15) is 0 Å². The van der Waals surface area contributed by atoms with Gasteiger partial charge < -0.3 is 26.4 Å². The smallest absolute Gasteiger partial charge is 0.228 e. The molecule has 4 aromatic rings. The molecule has 0 atom stereocenters. The number of nitrogens with one attached hydrogen (secondary N) is 1. The van der Waals surface area contributed by atoms with E-state index < -0.39 is 0 Å². The number of anilines is 5. The lowest BCUT2D eigenvalue weighted by Crippen LogP contribution is -2.37. The molecule has 0 radical (unpaired) electrons. The Labute approximate surface area is 178 Å². The SMILES string of the molecule is Nc1ncc(-c2cc(Nc3cnc4ccccc4c3)nc(N3CCOCC3)n2)c(N)n1. The van der Waals surface area contributed by atoms with Gasteiger partial charge in [0.05, 0.1) is 41.9 Å². The van der Waals surface area contributed by atoms with Crippen LogP contribution in [0, 0.1) is 0 Å². The number of ether oxygens (including phenoxy) is 1. The van der Waals surface area contributed by atoms with Crippen molar-refractivity contribution in [2.75, 3.05) is 48.0 Å². The van der Waals surface area contributed by atoms with Gasteiger partial charge >= 0.3 is 0 Å². The molecular formula is C21H21N9O. The monoisotopic (exact) mass is 415 g/mol. The number of hydrogen-bond acceptors (Lipinski definition) is 10. The summed E-state index contributed by atoms with van der Waals surface area (Å²) in [7, 11) is 0. The van der Waals surface area contributed by atoms with Crippen molar-refractivity contribution >= 4 is 40.1 Å². The Balaban J connectivity index is 1.56. The summed E-state index contributed by atoms with van der Waals surface area (Å²) in [5.41, 5.74) is 14.7. The van der Waals surface area contributed by atoms with Crippen molar-refractivity contribution in [3.05, 3.63) is 48.8 Å². The normalized spacial score (nSPS) is 14.0. The van der Waals surface area contributed by atoms with Gasteiger partial charge in [-0.15, -0.1) is 0 Å². The maximum atomic E-state index is 6.09. The first-order valence-corrected chi connectivity index (χ1v) is 9.88. The van der Waals surface area contributed by atoms with E-state index >= 15 is 0 Å². The summed E-state index contributed by atoms with van der Waals surface area (Å²) in [6, 6.07) is 11.8. The average molecular weight is 415 g/mol. The fraction of sp³-hybridized carbons (Fsp3) is 0.190. The van der Waals surface area contributed by atoms with Crippen LogP contribution in [0.15, 0.2) is 48.8 Å².